The van der Waals surface area contributed by atoms with E-state index in [0.717, 1.165) is 0 Å². The molecule has 0 unspecified atom stereocenters. The van der Waals surface area contributed by atoms with Crippen molar-refractivity contribution in [3.63, 3.8) is 0 Å². The van der Waals surface area contributed by atoms with Gasteiger partial charge in [-0.1, -0.05) is 6.07 Å². The summed E-state index contributed by atoms with van der Waals surface area (Å²) in [6.45, 7) is 0. The van der Waals surface area contributed by atoms with Gasteiger partial charge in [-0.15, -0.1) is 0 Å². The summed E-state index contributed by atoms with van der Waals surface area (Å²) < 4.78 is 5.68. The summed E-state index contributed by atoms with van der Waals surface area (Å²) in [7, 11) is 0. The minimum absolute atomic E-state index is 0.0354. The summed E-state index contributed by atoms with van der Waals surface area (Å²) in [5, 5.41) is 51.3. The molecule has 0 spiro atoms. The molecule has 5 N–H and O–H groups in total. The number of phenolic OH excluding ortho intramolecular Hbond substituents is 5. The predicted octanol–water partition coefficient (Wildman–Crippen LogP) is 4.31. The molecular weight excluding hydrogens is 336 g/mol. The van der Waals surface area contributed by atoms with Crippen molar-refractivity contribution in [2.24, 2.45) is 0 Å². The average Bonchev–Trinajstić information content (AvgIpc) is 2.58. The lowest BCUT2D eigenvalue weighted by Crippen LogP contribution is -1.87. The molecule has 0 aliphatic rings. The van der Waals surface area contributed by atoms with Gasteiger partial charge in [0.1, 0.15) is 28.7 Å². The van der Waals surface area contributed by atoms with Crippen LogP contribution in [0, 0.1) is 0 Å². The van der Waals surface area contributed by atoms with Gasteiger partial charge < -0.3 is 30.3 Å². The molecule has 0 radical (unpaired) electrons. The number of rotatable bonds is 2. The third-order valence-electron chi connectivity index (χ3n) is 4.15. The number of fused-ring (bicyclic) bond motifs is 2. The van der Waals surface area contributed by atoms with E-state index < -0.39 is 0 Å². The average molecular weight is 350 g/mol. The quantitative estimate of drug-likeness (QED) is 0.368. The highest BCUT2D eigenvalue weighted by Crippen LogP contribution is 2.43. The Kier molecular flexibility index (Phi) is 3.40. The Balaban J connectivity index is 1.81. The van der Waals surface area contributed by atoms with Gasteiger partial charge >= 0.3 is 0 Å². The molecule has 130 valence electrons. The molecule has 0 saturated heterocycles. The van der Waals surface area contributed by atoms with Crippen LogP contribution in [0.4, 0.5) is 0 Å². The van der Waals surface area contributed by atoms with Gasteiger partial charge in [-0.25, -0.2) is 0 Å². The highest BCUT2D eigenvalue weighted by Gasteiger charge is 2.13. The number of hydrogen-bond donors (Lipinski definition) is 5. The summed E-state index contributed by atoms with van der Waals surface area (Å²) >= 11 is 0. The van der Waals surface area contributed by atoms with E-state index >= 15 is 0 Å². The van der Waals surface area contributed by atoms with E-state index in [0.29, 0.717) is 16.2 Å². The predicted molar refractivity (Wildman–Crippen MR) is 96.3 cm³/mol. The molecule has 0 heterocycles. The van der Waals surface area contributed by atoms with Gasteiger partial charge in [0.2, 0.25) is 0 Å². The normalized spacial score (nSPS) is 11.1. The van der Waals surface area contributed by atoms with Crippen molar-refractivity contribution in [3.05, 3.63) is 54.6 Å². The Labute approximate surface area is 147 Å². The van der Waals surface area contributed by atoms with Crippen LogP contribution in [-0.4, -0.2) is 25.5 Å². The molecule has 4 aromatic rings. The standard InChI is InChI=1S/C20H14O6/c21-11-2-1-10-5-13(9-18(24)15(10)6-11)26-19-4-3-14-16(20(19)25)7-12(22)8-17(14)23/h1-9,21-25H. The zero-order chi connectivity index (χ0) is 18.4. The first-order valence-electron chi connectivity index (χ1n) is 7.73. The molecule has 0 atom stereocenters. The van der Waals surface area contributed by atoms with Gasteiger partial charge in [-0.2, -0.15) is 0 Å². The molecule has 0 aliphatic heterocycles. The van der Waals surface area contributed by atoms with Crippen molar-refractivity contribution in [1.82, 2.24) is 0 Å². The Morgan fingerprint density at radius 3 is 2.12 bits per heavy atom. The molecule has 0 fully saturated rings. The van der Waals surface area contributed by atoms with E-state index in [-0.39, 0.29) is 45.6 Å². The maximum Gasteiger partial charge on any atom is 0.169 e. The third-order valence-corrected chi connectivity index (χ3v) is 4.15. The van der Waals surface area contributed by atoms with Crippen LogP contribution in [-0.2, 0) is 0 Å². The van der Waals surface area contributed by atoms with Gasteiger partial charge in [0.25, 0.3) is 0 Å². The lowest BCUT2D eigenvalue weighted by Gasteiger charge is -2.12. The molecular formula is C20H14O6. The highest BCUT2D eigenvalue weighted by atomic mass is 16.5. The summed E-state index contributed by atoms with van der Waals surface area (Å²) in [6.07, 6.45) is 0. The number of phenols is 5. The van der Waals surface area contributed by atoms with Crippen LogP contribution in [0.2, 0.25) is 0 Å². The summed E-state index contributed by atoms with van der Waals surface area (Å²) in [6, 6.07) is 13.1. The van der Waals surface area contributed by atoms with Crippen molar-refractivity contribution in [2.45, 2.75) is 0 Å². The first-order chi connectivity index (χ1) is 12.4. The Morgan fingerprint density at radius 1 is 0.577 bits per heavy atom. The van der Waals surface area contributed by atoms with E-state index in [1.807, 2.05) is 0 Å². The van der Waals surface area contributed by atoms with Gasteiger partial charge in [0.15, 0.2) is 11.5 Å². The topological polar surface area (TPSA) is 110 Å². The second-order valence-corrected chi connectivity index (χ2v) is 5.92. The number of aromatic hydroxyl groups is 5. The number of hydrogen-bond acceptors (Lipinski definition) is 6. The summed E-state index contributed by atoms with van der Waals surface area (Å²) in [5.74, 6) is -0.272. The van der Waals surface area contributed by atoms with Crippen LogP contribution in [0.1, 0.15) is 0 Å². The maximum atomic E-state index is 10.4. The van der Waals surface area contributed by atoms with Crippen molar-refractivity contribution < 1.29 is 30.3 Å². The van der Waals surface area contributed by atoms with E-state index in [9.17, 15) is 25.5 Å². The molecule has 26 heavy (non-hydrogen) atoms. The van der Waals surface area contributed by atoms with Crippen molar-refractivity contribution in [1.29, 1.82) is 0 Å². The molecule has 4 rings (SSSR count). The SMILES string of the molecule is Oc1ccc2cc(Oc3ccc4c(O)cc(O)cc4c3O)cc(O)c2c1. The summed E-state index contributed by atoms with van der Waals surface area (Å²) in [5.41, 5.74) is 0. The molecule has 0 aromatic heterocycles. The summed E-state index contributed by atoms with van der Waals surface area (Å²) in [4.78, 5) is 0. The van der Waals surface area contributed by atoms with Crippen LogP contribution < -0.4 is 4.74 Å². The van der Waals surface area contributed by atoms with Crippen LogP contribution in [0.3, 0.4) is 0 Å². The lowest BCUT2D eigenvalue weighted by molar-refractivity contribution is 0.412. The fourth-order valence-corrected chi connectivity index (χ4v) is 2.93. The first-order valence-corrected chi connectivity index (χ1v) is 7.73. The van der Waals surface area contributed by atoms with Crippen LogP contribution >= 0.6 is 0 Å². The smallest absolute Gasteiger partial charge is 0.169 e. The molecule has 0 bridgehead atoms. The minimum Gasteiger partial charge on any atom is -0.508 e. The van der Waals surface area contributed by atoms with Crippen LogP contribution in [0.25, 0.3) is 21.5 Å². The Bertz CT molecular complexity index is 1170. The highest BCUT2D eigenvalue weighted by molar-refractivity contribution is 5.96. The second-order valence-electron chi connectivity index (χ2n) is 5.92. The molecule has 0 amide bonds. The monoisotopic (exact) mass is 350 g/mol. The van der Waals surface area contributed by atoms with E-state index in [1.54, 1.807) is 18.2 Å². The fourth-order valence-electron chi connectivity index (χ4n) is 2.93. The molecule has 6 heteroatoms. The maximum absolute atomic E-state index is 10.4. The molecule has 0 saturated carbocycles. The van der Waals surface area contributed by atoms with E-state index in [1.165, 1.54) is 36.4 Å². The first kappa shape index (κ1) is 15.7. The lowest BCUT2D eigenvalue weighted by atomic mass is 10.1. The van der Waals surface area contributed by atoms with Crippen LogP contribution in [0.15, 0.2) is 54.6 Å². The third kappa shape index (κ3) is 2.53. The van der Waals surface area contributed by atoms with Gasteiger partial charge in [0.05, 0.1) is 0 Å². The Hall–Kier alpha value is -3.80. The molecule has 0 aliphatic carbocycles. The largest absolute Gasteiger partial charge is 0.508 e. The molecule has 4 aromatic carbocycles. The van der Waals surface area contributed by atoms with Gasteiger partial charge in [-0.3, -0.25) is 0 Å². The van der Waals surface area contributed by atoms with Gasteiger partial charge in [-0.05, 0) is 41.8 Å². The van der Waals surface area contributed by atoms with E-state index in [4.69, 9.17) is 4.74 Å². The molecule has 6 nitrogen and oxygen atoms in total. The Morgan fingerprint density at radius 2 is 1.31 bits per heavy atom. The van der Waals surface area contributed by atoms with Crippen molar-refractivity contribution in [2.75, 3.05) is 0 Å². The minimum atomic E-state index is -0.251. The zero-order valence-corrected chi connectivity index (χ0v) is 13.3. The second kappa shape index (κ2) is 5.63. The van der Waals surface area contributed by atoms with E-state index in [2.05, 4.69) is 0 Å². The van der Waals surface area contributed by atoms with Gasteiger partial charge in [0, 0.05) is 28.3 Å². The number of benzene rings is 4. The van der Waals surface area contributed by atoms with Crippen LogP contribution in [0.5, 0.6) is 40.2 Å². The fraction of sp³-hybridized carbons (Fsp3) is 0. The van der Waals surface area contributed by atoms with Crippen molar-refractivity contribution in [3.8, 4) is 40.2 Å². The number of ether oxygens (including phenoxy) is 1. The zero-order valence-electron chi connectivity index (χ0n) is 13.3. The van der Waals surface area contributed by atoms with Crippen molar-refractivity contribution >= 4 is 21.5 Å².